The van der Waals surface area contributed by atoms with Gasteiger partial charge in [0.15, 0.2) is 0 Å². The summed E-state index contributed by atoms with van der Waals surface area (Å²) in [5.41, 5.74) is 0.0842. The van der Waals surface area contributed by atoms with Crippen LogP contribution in [0.25, 0.3) is 21.9 Å². The van der Waals surface area contributed by atoms with Crippen LogP contribution in [0, 0.1) is 5.82 Å². The topological polar surface area (TPSA) is 94.3 Å². The van der Waals surface area contributed by atoms with Gasteiger partial charge in [-0.3, -0.25) is 19.1 Å². The lowest BCUT2D eigenvalue weighted by Gasteiger charge is -2.17. The van der Waals surface area contributed by atoms with E-state index in [0.29, 0.717) is 22.0 Å². The monoisotopic (exact) mass is 456 g/mol. The molecule has 0 spiro atoms. The van der Waals surface area contributed by atoms with Crippen molar-refractivity contribution >= 4 is 32.0 Å². The van der Waals surface area contributed by atoms with E-state index in [4.69, 9.17) is 0 Å². The van der Waals surface area contributed by atoms with Gasteiger partial charge in [0, 0.05) is 32.2 Å². The number of rotatable bonds is 5. The second-order valence-corrected chi connectivity index (χ2v) is 9.64. The standard InChI is InChI=1S/C22H21FN4O4S/c1-4-26-18-10-8-15(32(30,31)25(2)3)12-19(18)27(22(29)21(26)28)13-14-7-9-17(23)16-6-5-11-24-20(14)16/h5-12H,4,13H2,1-3H3. The smallest absolute Gasteiger partial charge is 0.302 e. The largest absolute Gasteiger partial charge is 0.317 e. The first-order chi connectivity index (χ1) is 15.2. The van der Waals surface area contributed by atoms with Gasteiger partial charge in [-0.2, -0.15) is 0 Å². The molecule has 0 aliphatic carbocycles. The van der Waals surface area contributed by atoms with E-state index in [-0.39, 0.29) is 23.5 Å². The number of hydrogen-bond donors (Lipinski definition) is 0. The van der Waals surface area contributed by atoms with E-state index < -0.39 is 27.0 Å². The van der Waals surface area contributed by atoms with E-state index >= 15 is 0 Å². The fourth-order valence-electron chi connectivity index (χ4n) is 3.73. The summed E-state index contributed by atoms with van der Waals surface area (Å²) in [6, 6.07) is 10.3. The first-order valence-electron chi connectivity index (χ1n) is 9.89. The average Bonchev–Trinajstić information content (AvgIpc) is 2.78. The Morgan fingerprint density at radius 2 is 1.72 bits per heavy atom. The molecule has 0 aliphatic heterocycles. The molecule has 0 N–H and O–H groups in total. The maximum atomic E-state index is 14.2. The third-order valence-corrected chi connectivity index (χ3v) is 7.24. The lowest BCUT2D eigenvalue weighted by atomic mass is 10.1. The third kappa shape index (κ3) is 3.41. The molecule has 32 heavy (non-hydrogen) atoms. The highest BCUT2D eigenvalue weighted by Crippen LogP contribution is 2.23. The van der Waals surface area contributed by atoms with Gasteiger partial charge in [-0.05, 0) is 48.9 Å². The number of hydrogen-bond acceptors (Lipinski definition) is 5. The summed E-state index contributed by atoms with van der Waals surface area (Å²) < 4.78 is 43.2. The molecule has 166 valence electrons. The van der Waals surface area contributed by atoms with Crippen molar-refractivity contribution in [3.05, 3.63) is 80.7 Å². The lowest BCUT2D eigenvalue weighted by Crippen LogP contribution is -2.41. The van der Waals surface area contributed by atoms with Crippen LogP contribution in [0.15, 0.2) is 63.1 Å². The van der Waals surface area contributed by atoms with E-state index in [1.54, 1.807) is 19.1 Å². The number of halogens is 1. The van der Waals surface area contributed by atoms with Crippen molar-refractivity contribution in [1.29, 1.82) is 0 Å². The predicted molar refractivity (Wildman–Crippen MR) is 120 cm³/mol. The van der Waals surface area contributed by atoms with E-state index in [2.05, 4.69) is 4.98 Å². The Kier molecular flexibility index (Phi) is 5.43. The second kappa shape index (κ2) is 7.95. The molecule has 0 saturated carbocycles. The normalized spacial score (nSPS) is 12.2. The molecule has 2 aromatic heterocycles. The van der Waals surface area contributed by atoms with Crippen LogP contribution in [0.3, 0.4) is 0 Å². The molecule has 4 rings (SSSR count). The van der Waals surface area contributed by atoms with Crippen LogP contribution >= 0.6 is 0 Å². The molecule has 8 nitrogen and oxygen atoms in total. The van der Waals surface area contributed by atoms with Crippen LogP contribution in [0.4, 0.5) is 4.39 Å². The molecule has 2 aromatic carbocycles. The van der Waals surface area contributed by atoms with Crippen LogP contribution in [0.2, 0.25) is 0 Å². The van der Waals surface area contributed by atoms with Crippen molar-refractivity contribution < 1.29 is 12.8 Å². The number of sulfonamides is 1. The summed E-state index contributed by atoms with van der Waals surface area (Å²) in [5.74, 6) is -0.449. The number of aromatic nitrogens is 3. The van der Waals surface area contributed by atoms with Crippen molar-refractivity contribution in [3.8, 4) is 0 Å². The SMILES string of the molecule is CCn1c(=O)c(=O)n(Cc2ccc(F)c3cccnc23)c2cc(S(=O)(=O)N(C)C)ccc21. The summed E-state index contributed by atoms with van der Waals surface area (Å²) in [6.45, 7) is 1.90. The van der Waals surface area contributed by atoms with Crippen molar-refractivity contribution in [1.82, 2.24) is 18.4 Å². The van der Waals surface area contributed by atoms with Crippen molar-refractivity contribution in [2.75, 3.05) is 14.1 Å². The summed E-state index contributed by atoms with van der Waals surface area (Å²) in [6.07, 6.45) is 1.52. The zero-order valence-electron chi connectivity index (χ0n) is 17.7. The fourth-order valence-corrected chi connectivity index (χ4v) is 4.66. The van der Waals surface area contributed by atoms with E-state index in [0.717, 1.165) is 4.31 Å². The zero-order valence-corrected chi connectivity index (χ0v) is 18.6. The summed E-state index contributed by atoms with van der Waals surface area (Å²) >= 11 is 0. The highest BCUT2D eigenvalue weighted by Gasteiger charge is 2.21. The van der Waals surface area contributed by atoms with E-state index in [9.17, 15) is 22.4 Å². The summed E-state index contributed by atoms with van der Waals surface area (Å²) in [4.78, 5) is 30.0. The summed E-state index contributed by atoms with van der Waals surface area (Å²) in [5, 5.41) is 0.292. The van der Waals surface area contributed by atoms with Gasteiger partial charge in [-0.25, -0.2) is 17.1 Å². The minimum Gasteiger partial charge on any atom is -0.302 e. The molecule has 0 fully saturated rings. The minimum atomic E-state index is -3.77. The number of fused-ring (bicyclic) bond motifs is 2. The van der Waals surface area contributed by atoms with E-state index in [1.807, 2.05) is 0 Å². The molecule has 0 atom stereocenters. The first kappa shape index (κ1) is 21.8. The first-order valence-corrected chi connectivity index (χ1v) is 11.3. The molecule has 0 radical (unpaired) electrons. The van der Waals surface area contributed by atoms with Crippen LogP contribution in [-0.2, 0) is 23.1 Å². The zero-order chi connectivity index (χ0) is 23.2. The molecule has 0 aliphatic rings. The van der Waals surface area contributed by atoms with Crippen molar-refractivity contribution in [2.45, 2.75) is 24.9 Å². The molecule has 2 heterocycles. The van der Waals surface area contributed by atoms with Crippen LogP contribution in [0.1, 0.15) is 12.5 Å². The highest BCUT2D eigenvalue weighted by atomic mass is 32.2. The van der Waals surface area contributed by atoms with Gasteiger partial charge in [0.2, 0.25) is 10.0 Å². The molecule has 0 amide bonds. The molecule has 10 heteroatoms. The van der Waals surface area contributed by atoms with Crippen molar-refractivity contribution in [3.63, 3.8) is 0 Å². The molecular weight excluding hydrogens is 435 g/mol. The van der Waals surface area contributed by atoms with Gasteiger partial charge >= 0.3 is 11.1 Å². The quantitative estimate of drug-likeness (QED) is 0.429. The van der Waals surface area contributed by atoms with Gasteiger partial charge in [0.1, 0.15) is 5.82 Å². The number of aryl methyl sites for hydroxylation is 1. The number of pyridine rings is 1. The Balaban J connectivity index is 2.05. The minimum absolute atomic E-state index is 0.00783. The van der Waals surface area contributed by atoms with Crippen LogP contribution in [0.5, 0.6) is 0 Å². The maximum absolute atomic E-state index is 14.2. The molecule has 0 saturated heterocycles. The Hall–Kier alpha value is -3.37. The fraction of sp³-hybridized carbons (Fsp3) is 0.227. The third-order valence-electron chi connectivity index (χ3n) is 5.43. The van der Waals surface area contributed by atoms with Gasteiger partial charge in [0.05, 0.1) is 28.0 Å². The van der Waals surface area contributed by atoms with Gasteiger partial charge < -0.3 is 4.57 Å². The van der Waals surface area contributed by atoms with Gasteiger partial charge in [0.25, 0.3) is 0 Å². The number of nitrogens with zero attached hydrogens (tertiary/aromatic N) is 4. The summed E-state index contributed by atoms with van der Waals surface area (Å²) in [7, 11) is -0.947. The van der Waals surface area contributed by atoms with Crippen LogP contribution < -0.4 is 11.1 Å². The molecule has 0 unspecified atom stereocenters. The number of benzene rings is 2. The predicted octanol–water partition coefficient (Wildman–Crippen LogP) is 2.17. The maximum Gasteiger partial charge on any atom is 0.317 e. The van der Waals surface area contributed by atoms with E-state index in [1.165, 1.54) is 59.8 Å². The Bertz CT molecular complexity index is 1590. The average molecular weight is 456 g/mol. The lowest BCUT2D eigenvalue weighted by molar-refractivity contribution is 0.520. The molecular formula is C22H21FN4O4S. The van der Waals surface area contributed by atoms with Crippen molar-refractivity contribution in [2.24, 2.45) is 0 Å². The highest BCUT2D eigenvalue weighted by molar-refractivity contribution is 7.89. The molecule has 4 aromatic rings. The Morgan fingerprint density at radius 3 is 2.41 bits per heavy atom. The van der Waals surface area contributed by atoms with Crippen LogP contribution in [-0.4, -0.2) is 40.9 Å². The molecule has 0 bridgehead atoms. The Morgan fingerprint density at radius 1 is 1.00 bits per heavy atom. The van der Waals surface area contributed by atoms with Gasteiger partial charge in [-0.1, -0.05) is 6.07 Å². The second-order valence-electron chi connectivity index (χ2n) is 7.48. The Labute approximate surface area is 183 Å². The van der Waals surface area contributed by atoms with Gasteiger partial charge in [-0.15, -0.1) is 0 Å².